The van der Waals surface area contributed by atoms with Gasteiger partial charge in [-0.15, -0.1) is 0 Å². The van der Waals surface area contributed by atoms with Crippen molar-refractivity contribution in [2.24, 2.45) is 5.92 Å². The molecule has 0 unspecified atom stereocenters. The van der Waals surface area contributed by atoms with E-state index in [0.29, 0.717) is 12.5 Å². The fourth-order valence-corrected chi connectivity index (χ4v) is 2.65. The van der Waals surface area contributed by atoms with Crippen molar-refractivity contribution in [3.05, 3.63) is 58.6 Å². The van der Waals surface area contributed by atoms with Crippen LogP contribution < -0.4 is 0 Å². The molecular formula is C17H17ClFN3. The summed E-state index contributed by atoms with van der Waals surface area (Å²) < 4.78 is 15.5. The van der Waals surface area contributed by atoms with E-state index in [1.807, 2.05) is 22.9 Å². The lowest BCUT2D eigenvalue weighted by Crippen LogP contribution is -2.03. The Labute approximate surface area is 133 Å². The van der Waals surface area contributed by atoms with Gasteiger partial charge in [-0.05, 0) is 42.2 Å². The van der Waals surface area contributed by atoms with Crippen molar-refractivity contribution >= 4 is 22.6 Å². The third kappa shape index (κ3) is 2.97. The molecule has 0 aliphatic heterocycles. The maximum Gasteiger partial charge on any atom is 0.142 e. The summed E-state index contributed by atoms with van der Waals surface area (Å²) >= 11 is 5.73. The molecule has 5 heteroatoms. The first-order valence-corrected chi connectivity index (χ1v) is 7.66. The maximum absolute atomic E-state index is 13.6. The standard InChI is InChI=1S/C17H17ClFN3/c1-11(2)8-15-17-16(4-3-7-20-17)22(21-15)10-12-5-6-13(18)14(19)9-12/h3-7,9,11H,8,10H2,1-2H3. The Balaban J connectivity index is 2.01. The van der Waals surface area contributed by atoms with Gasteiger partial charge < -0.3 is 0 Å². The Morgan fingerprint density at radius 1 is 1.27 bits per heavy atom. The molecule has 3 aromatic rings. The van der Waals surface area contributed by atoms with Crippen molar-refractivity contribution in [2.75, 3.05) is 0 Å². The van der Waals surface area contributed by atoms with Crippen molar-refractivity contribution in [3.8, 4) is 0 Å². The molecular weight excluding hydrogens is 301 g/mol. The third-order valence-corrected chi connectivity index (χ3v) is 3.80. The van der Waals surface area contributed by atoms with Gasteiger partial charge in [-0.2, -0.15) is 5.10 Å². The molecule has 0 aliphatic rings. The average Bonchev–Trinajstić information content (AvgIpc) is 2.81. The van der Waals surface area contributed by atoms with Crippen LogP contribution in [-0.4, -0.2) is 14.8 Å². The van der Waals surface area contributed by atoms with Gasteiger partial charge in [-0.1, -0.05) is 31.5 Å². The number of nitrogens with zero attached hydrogens (tertiary/aromatic N) is 3. The average molecular weight is 318 g/mol. The monoisotopic (exact) mass is 317 g/mol. The minimum atomic E-state index is -0.406. The predicted octanol–water partition coefficient (Wildman–Crippen LogP) is 4.47. The topological polar surface area (TPSA) is 30.7 Å². The molecule has 0 aliphatic carbocycles. The normalized spacial score (nSPS) is 11.5. The van der Waals surface area contributed by atoms with Crippen LogP contribution in [0.15, 0.2) is 36.5 Å². The minimum absolute atomic E-state index is 0.135. The van der Waals surface area contributed by atoms with E-state index in [1.54, 1.807) is 12.3 Å². The second-order valence-corrected chi connectivity index (χ2v) is 6.23. The number of fused-ring (bicyclic) bond motifs is 1. The Hall–Kier alpha value is -1.94. The van der Waals surface area contributed by atoms with E-state index in [-0.39, 0.29) is 5.02 Å². The highest BCUT2D eigenvalue weighted by molar-refractivity contribution is 6.30. The molecule has 114 valence electrons. The molecule has 0 bridgehead atoms. The van der Waals surface area contributed by atoms with Gasteiger partial charge in [0.1, 0.15) is 11.3 Å². The van der Waals surface area contributed by atoms with Crippen LogP contribution in [0.2, 0.25) is 5.02 Å². The van der Waals surface area contributed by atoms with Crippen LogP contribution in [0.4, 0.5) is 4.39 Å². The summed E-state index contributed by atoms with van der Waals surface area (Å²) in [5.41, 5.74) is 3.70. The first-order valence-electron chi connectivity index (χ1n) is 7.29. The molecule has 3 nitrogen and oxygen atoms in total. The van der Waals surface area contributed by atoms with E-state index in [1.165, 1.54) is 6.07 Å². The molecule has 0 atom stereocenters. The number of hydrogen-bond donors (Lipinski definition) is 0. The summed E-state index contributed by atoms with van der Waals surface area (Å²) in [5, 5.41) is 4.81. The first-order chi connectivity index (χ1) is 10.5. The predicted molar refractivity (Wildman–Crippen MR) is 86.6 cm³/mol. The van der Waals surface area contributed by atoms with Crippen molar-refractivity contribution in [1.29, 1.82) is 0 Å². The van der Waals surface area contributed by atoms with Crippen molar-refractivity contribution in [2.45, 2.75) is 26.8 Å². The quantitative estimate of drug-likeness (QED) is 0.710. The zero-order chi connectivity index (χ0) is 15.7. The number of rotatable bonds is 4. The molecule has 3 rings (SSSR count). The van der Waals surface area contributed by atoms with Gasteiger partial charge in [0, 0.05) is 6.20 Å². The second kappa shape index (κ2) is 6.05. The van der Waals surface area contributed by atoms with Crippen LogP contribution >= 0.6 is 11.6 Å². The highest BCUT2D eigenvalue weighted by atomic mass is 35.5. The molecule has 0 amide bonds. The van der Waals surface area contributed by atoms with E-state index >= 15 is 0 Å². The van der Waals surface area contributed by atoms with E-state index in [4.69, 9.17) is 11.6 Å². The summed E-state index contributed by atoms with van der Waals surface area (Å²) in [7, 11) is 0. The molecule has 1 aromatic carbocycles. The van der Waals surface area contributed by atoms with Gasteiger partial charge in [-0.3, -0.25) is 9.67 Å². The Morgan fingerprint density at radius 2 is 2.09 bits per heavy atom. The fourth-order valence-electron chi connectivity index (χ4n) is 2.53. The first kappa shape index (κ1) is 15.0. The number of pyridine rings is 1. The third-order valence-electron chi connectivity index (χ3n) is 3.50. The van der Waals surface area contributed by atoms with Gasteiger partial charge in [0.25, 0.3) is 0 Å². The summed E-state index contributed by atoms with van der Waals surface area (Å²) in [6.45, 7) is 4.80. The van der Waals surface area contributed by atoms with Gasteiger partial charge in [0.2, 0.25) is 0 Å². The van der Waals surface area contributed by atoms with Crippen LogP contribution in [0, 0.1) is 11.7 Å². The van der Waals surface area contributed by atoms with E-state index in [2.05, 4.69) is 23.9 Å². The Bertz CT molecular complexity index is 811. The van der Waals surface area contributed by atoms with Gasteiger partial charge in [-0.25, -0.2) is 4.39 Å². The van der Waals surface area contributed by atoms with Gasteiger partial charge in [0.05, 0.1) is 22.8 Å². The number of halogens is 2. The summed E-state index contributed by atoms with van der Waals surface area (Å²) in [5.74, 6) is 0.0951. The Kier molecular flexibility index (Phi) is 4.12. The number of benzene rings is 1. The highest BCUT2D eigenvalue weighted by Gasteiger charge is 2.13. The second-order valence-electron chi connectivity index (χ2n) is 5.82. The largest absolute Gasteiger partial charge is 0.259 e. The molecule has 0 radical (unpaired) electrons. The maximum atomic E-state index is 13.6. The van der Waals surface area contributed by atoms with E-state index < -0.39 is 5.82 Å². The zero-order valence-electron chi connectivity index (χ0n) is 12.6. The molecule has 2 heterocycles. The lowest BCUT2D eigenvalue weighted by atomic mass is 10.1. The number of hydrogen-bond acceptors (Lipinski definition) is 2. The summed E-state index contributed by atoms with van der Waals surface area (Å²) in [6.07, 6.45) is 2.65. The zero-order valence-corrected chi connectivity index (χ0v) is 13.3. The molecule has 0 saturated carbocycles. The van der Waals surface area contributed by atoms with E-state index in [9.17, 15) is 4.39 Å². The molecule has 0 fully saturated rings. The lowest BCUT2D eigenvalue weighted by molar-refractivity contribution is 0.607. The SMILES string of the molecule is CC(C)Cc1nn(Cc2ccc(Cl)c(F)c2)c2cccnc12. The van der Waals surface area contributed by atoms with Crippen molar-refractivity contribution in [3.63, 3.8) is 0 Å². The van der Waals surface area contributed by atoms with Crippen LogP contribution in [0.5, 0.6) is 0 Å². The van der Waals surface area contributed by atoms with Gasteiger partial charge >= 0.3 is 0 Å². The lowest BCUT2D eigenvalue weighted by Gasteiger charge is -2.05. The molecule has 0 N–H and O–H groups in total. The summed E-state index contributed by atoms with van der Waals surface area (Å²) in [4.78, 5) is 4.45. The van der Waals surface area contributed by atoms with Crippen LogP contribution in [0.3, 0.4) is 0 Å². The molecule has 0 saturated heterocycles. The Morgan fingerprint density at radius 3 is 2.82 bits per heavy atom. The van der Waals surface area contributed by atoms with Crippen LogP contribution in [0.1, 0.15) is 25.1 Å². The van der Waals surface area contributed by atoms with Gasteiger partial charge in [0.15, 0.2) is 0 Å². The van der Waals surface area contributed by atoms with Crippen molar-refractivity contribution in [1.82, 2.24) is 14.8 Å². The van der Waals surface area contributed by atoms with Crippen LogP contribution in [-0.2, 0) is 13.0 Å². The molecule has 0 spiro atoms. The number of aromatic nitrogens is 3. The minimum Gasteiger partial charge on any atom is -0.259 e. The highest BCUT2D eigenvalue weighted by Crippen LogP contribution is 2.21. The van der Waals surface area contributed by atoms with E-state index in [0.717, 1.165) is 28.7 Å². The van der Waals surface area contributed by atoms with Crippen molar-refractivity contribution < 1.29 is 4.39 Å². The fraction of sp³-hybridized carbons (Fsp3) is 0.294. The molecule has 22 heavy (non-hydrogen) atoms. The smallest absolute Gasteiger partial charge is 0.142 e. The van der Waals surface area contributed by atoms with Crippen LogP contribution in [0.25, 0.3) is 11.0 Å². The molecule has 2 aromatic heterocycles. The summed E-state index contributed by atoms with van der Waals surface area (Å²) in [6, 6.07) is 8.73.